The number of hydrogen-bond donors (Lipinski definition) is 0. The molecule has 0 aliphatic rings. The van der Waals surface area contributed by atoms with E-state index < -0.39 is 0 Å². The number of rotatable bonds is 11. The Labute approximate surface area is 802 Å². The Bertz CT molecular complexity index is 10200. The van der Waals surface area contributed by atoms with Crippen LogP contribution in [0, 0.1) is 0 Å². The van der Waals surface area contributed by atoms with Gasteiger partial charge in [-0.25, -0.2) is 0 Å². The highest BCUT2D eigenvalue weighted by atomic mass is 32.1. The van der Waals surface area contributed by atoms with E-state index >= 15 is 0 Å². The van der Waals surface area contributed by atoms with Crippen LogP contribution in [0.3, 0.4) is 0 Å². The van der Waals surface area contributed by atoms with Crippen molar-refractivity contribution in [2.75, 3.05) is 0 Å². The Morgan fingerprint density at radius 3 is 0.708 bits per heavy atom. The third-order valence-electron chi connectivity index (χ3n) is 29.5. The summed E-state index contributed by atoms with van der Waals surface area (Å²) in [5, 5.41) is 34.6. The first kappa shape index (κ1) is 77.8. The van der Waals surface area contributed by atoms with Crippen molar-refractivity contribution in [1.29, 1.82) is 0 Å². The molecule has 0 saturated heterocycles. The minimum Gasteiger partial charge on any atom is -0.135 e. The predicted molar refractivity (Wildman–Crippen MR) is 597 cm³/mol. The van der Waals surface area contributed by atoms with Crippen molar-refractivity contribution >= 4 is 213 Å². The molecule has 137 heavy (non-hydrogen) atoms. The summed E-state index contributed by atoms with van der Waals surface area (Å²) in [4.78, 5) is 0. The Hall–Kier alpha value is -16.8. The number of hydrogen-bond acceptors (Lipinski definition) is 3. The van der Waals surface area contributed by atoms with Crippen LogP contribution in [0.25, 0.3) is 301 Å². The van der Waals surface area contributed by atoms with Gasteiger partial charge in [0.05, 0.1) is 0 Å². The molecule has 0 fully saturated rings. The largest absolute Gasteiger partial charge is 0.135 e. The Morgan fingerprint density at radius 1 is 0.0949 bits per heavy atom. The van der Waals surface area contributed by atoms with Gasteiger partial charge < -0.3 is 0 Å². The second-order valence-corrected chi connectivity index (χ2v) is 40.3. The van der Waals surface area contributed by atoms with Crippen molar-refractivity contribution in [2.45, 2.75) is 0 Å². The molecule has 0 saturated carbocycles. The first-order valence-electron chi connectivity index (χ1n) is 47.3. The predicted octanol–water partition coefficient (Wildman–Crippen LogP) is 39.8. The van der Waals surface area contributed by atoms with Gasteiger partial charge in [0.15, 0.2) is 0 Å². The normalized spacial score (nSPS) is 12.1. The standard InChI is InChI=1S/C134H78S3/c1-2-21-79(22-3-1)80-43-47-84(48-44-80)129-108-37-14-16-39-110(108)133(99-56-59-106-117-67-87-26-5-8-29-90(87)74-127(117)136-124(106)77-99)120-70-93(51-61-112(120)129)94-52-62-113-121(71-94)134(100-57-60-107-118-68-88-27-6-9-30-91(88)75-128(118)137-125(107)78-100)115-64-54-92(69-119(115)130(113)85-49-45-83(46-50-85)103-41-19-31-81-23-10-12-35-101(81)103)95-53-63-114-122(72-95)132(97-34-18-33-96(65-97)104-42-20-32-82-24-11-13-36-102(82)104)111-40-17-15-38-109(111)131(114)98-55-58-105-116-66-86-25-4-7-28-89(86)73-126(116)135-123(105)76-98/h1-78H. The summed E-state index contributed by atoms with van der Waals surface area (Å²) >= 11 is 5.70. The van der Waals surface area contributed by atoms with E-state index in [0.717, 1.165) is 27.8 Å². The zero-order valence-electron chi connectivity index (χ0n) is 74.3. The number of fused-ring (bicyclic) bond motifs is 20. The molecule has 0 bridgehead atoms. The molecule has 0 spiro atoms. The molecule has 29 aromatic rings. The van der Waals surface area contributed by atoms with E-state index in [2.05, 4.69) is 473 Å². The molecule has 0 N–H and O–H groups in total. The molecule has 29 rings (SSSR count). The fourth-order valence-electron chi connectivity index (χ4n) is 23.1. The summed E-state index contributed by atoms with van der Waals surface area (Å²) in [6.45, 7) is 0. The van der Waals surface area contributed by atoms with Crippen LogP contribution in [0.5, 0.6) is 0 Å². The van der Waals surface area contributed by atoms with Crippen molar-refractivity contribution < 1.29 is 0 Å². The first-order chi connectivity index (χ1) is 67.8. The van der Waals surface area contributed by atoms with Gasteiger partial charge in [-0.3, -0.25) is 0 Å². The smallest absolute Gasteiger partial charge is 0.0361 e. The molecule has 3 aromatic heterocycles. The minimum atomic E-state index is 1.14. The quantitative estimate of drug-likeness (QED) is 0.113. The van der Waals surface area contributed by atoms with Gasteiger partial charge in [0.1, 0.15) is 0 Å². The maximum absolute atomic E-state index is 2.55. The van der Waals surface area contributed by atoms with Gasteiger partial charge in [-0.15, -0.1) is 34.0 Å². The molecular formula is C134H78S3. The van der Waals surface area contributed by atoms with E-state index in [4.69, 9.17) is 0 Å². The molecule has 3 heteroatoms. The maximum atomic E-state index is 2.55. The molecule has 3 heterocycles. The molecule has 0 nitrogen and oxygen atoms in total. The van der Waals surface area contributed by atoms with Gasteiger partial charge in [-0.05, 0) is 326 Å². The third kappa shape index (κ3) is 12.6. The topological polar surface area (TPSA) is 0 Å². The lowest BCUT2D eigenvalue weighted by atomic mass is 9.82. The summed E-state index contributed by atoms with van der Waals surface area (Å²) in [7, 11) is 0. The van der Waals surface area contributed by atoms with Crippen LogP contribution in [0.1, 0.15) is 0 Å². The number of benzene rings is 26. The third-order valence-corrected chi connectivity index (χ3v) is 32.9. The van der Waals surface area contributed by atoms with Gasteiger partial charge in [-0.2, -0.15) is 0 Å². The molecule has 0 amide bonds. The maximum Gasteiger partial charge on any atom is 0.0361 e. The highest BCUT2D eigenvalue weighted by molar-refractivity contribution is 7.26. The molecule has 0 atom stereocenters. The van der Waals surface area contributed by atoms with Gasteiger partial charge in [0, 0.05) is 60.5 Å². The fourth-order valence-corrected chi connectivity index (χ4v) is 26.6. The first-order valence-corrected chi connectivity index (χ1v) is 49.7. The van der Waals surface area contributed by atoms with Crippen molar-refractivity contribution in [1.82, 2.24) is 0 Å². The molecule has 0 unspecified atom stereocenters. The second kappa shape index (κ2) is 30.9. The monoisotopic (exact) mass is 1780 g/mol. The summed E-state index contributed by atoms with van der Waals surface area (Å²) < 4.78 is 7.71. The van der Waals surface area contributed by atoms with Crippen LogP contribution in [-0.2, 0) is 0 Å². The Morgan fingerprint density at radius 2 is 0.321 bits per heavy atom. The van der Waals surface area contributed by atoms with Crippen LogP contribution in [0.4, 0.5) is 0 Å². The average Bonchev–Trinajstić information content (AvgIpc) is 1.51. The van der Waals surface area contributed by atoms with Gasteiger partial charge in [-0.1, -0.05) is 388 Å². The van der Waals surface area contributed by atoms with E-state index in [0.29, 0.717) is 0 Å². The Kier molecular flexibility index (Phi) is 17.6. The SMILES string of the molecule is c1ccc(-c2ccc(-c3c4ccccc4c(-c4ccc5c(c4)sc4cc6ccccc6cc45)c4cc(-c5ccc6c(-c7ccc(-c8cccc9ccccc89)cc7)c7cc(-c8ccc9c(-c%10ccc%11c(c%10)sc%10cc%12ccccc%12cc%10%11)c%10ccccc%10c(-c%10cccc(-c%11cccc%12ccccc%11%12)c%10)c9c8)ccc7c(-c7ccc8c(c7)sc7cc9ccccc9cc78)c6c5)ccc34)cc2)cc1. The molecule has 0 radical (unpaired) electrons. The van der Waals surface area contributed by atoms with E-state index in [1.807, 2.05) is 34.0 Å². The van der Waals surface area contributed by atoms with Crippen molar-refractivity contribution in [3.8, 4) is 122 Å². The lowest BCUT2D eigenvalue weighted by Gasteiger charge is -2.21. The minimum absolute atomic E-state index is 1.14. The molecule has 26 aromatic carbocycles. The summed E-state index contributed by atoms with van der Waals surface area (Å²) in [6, 6.07) is 181. The highest BCUT2D eigenvalue weighted by Crippen LogP contribution is 2.55. The van der Waals surface area contributed by atoms with Crippen LogP contribution in [0.2, 0.25) is 0 Å². The summed E-state index contributed by atoms with van der Waals surface area (Å²) in [5.74, 6) is 0. The number of thiophene rings is 3. The second-order valence-electron chi connectivity index (χ2n) is 37.1. The van der Waals surface area contributed by atoms with Crippen molar-refractivity contribution in [2.24, 2.45) is 0 Å². The van der Waals surface area contributed by atoms with Gasteiger partial charge >= 0.3 is 0 Å². The van der Waals surface area contributed by atoms with Crippen LogP contribution in [-0.4, -0.2) is 0 Å². The zero-order chi connectivity index (χ0) is 89.6. The fraction of sp³-hybridized carbons (Fsp3) is 0. The van der Waals surface area contributed by atoms with Crippen molar-refractivity contribution in [3.63, 3.8) is 0 Å². The van der Waals surface area contributed by atoms with E-state index in [1.165, 1.54) is 274 Å². The molecule has 632 valence electrons. The van der Waals surface area contributed by atoms with E-state index in [1.54, 1.807) is 0 Å². The van der Waals surface area contributed by atoms with Crippen molar-refractivity contribution in [3.05, 3.63) is 473 Å². The van der Waals surface area contributed by atoms with Crippen LogP contribution < -0.4 is 0 Å². The van der Waals surface area contributed by atoms with E-state index in [9.17, 15) is 0 Å². The summed E-state index contributed by atoms with van der Waals surface area (Å²) in [5.41, 5.74) is 26.1. The van der Waals surface area contributed by atoms with Gasteiger partial charge in [0.2, 0.25) is 0 Å². The zero-order valence-corrected chi connectivity index (χ0v) is 76.7. The van der Waals surface area contributed by atoms with Crippen LogP contribution in [0.15, 0.2) is 473 Å². The Balaban J connectivity index is 0.681. The molecule has 0 aliphatic heterocycles. The van der Waals surface area contributed by atoms with E-state index in [-0.39, 0.29) is 0 Å². The molecule has 0 aliphatic carbocycles. The van der Waals surface area contributed by atoms with Crippen LogP contribution >= 0.6 is 34.0 Å². The summed E-state index contributed by atoms with van der Waals surface area (Å²) in [6.07, 6.45) is 0. The lowest BCUT2D eigenvalue weighted by molar-refractivity contribution is 1.61. The lowest BCUT2D eigenvalue weighted by Crippen LogP contribution is -1.94. The van der Waals surface area contributed by atoms with Gasteiger partial charge in [0.25, 0.3) is 0 Å². The highest BCUT2D eigenvalue weighted by Gasteiger charge is 2.27. The molecular weight excluding hydrogens is 1710 g/mol. The average molecular weight is 1780 g/mol.